The number of aryl methyl sites for hydroxylation is 1. The first-order valence-electron chi connectivity index (χ1n) is 8.55. The van der Waals surface area contributed by atoms with E-state index in [9.17, 15) is 9.59 Å². The molecule has 0 saturated carbocycles. The van der Waals surface area contributed by atoms with Gasteiger partial charge in [0.1, 0.15) is 6.04 Å². The molecule has 0 aliphatic carbocycles. The Hall–Kier alpha value is -1.84. The molecule has 0 aliphatic rings. The zero-order valence-electron chi connectivity index (χ0n) is 15.0. The van der Waals surface area contributed by atoms with E-state index >= 15 is 0 Å². The van der Waals surface area contributed by atoms with Crippen molar-refractivity contribution >= 4 is 11.8 Å². The van der Waals surface area contributed by atoms with Gasteiger partial charge >= 0.3 is 0 Å². The number of hydrogen-bond donors (Lipinski definition) is 2. The van der Waals surface area contributed by atoms with Crippen LogP contribution >= 0.6 is 0 Å². The Morgan fingerprint density at radius 2 is 1.65 bits per heavy atom. The highest BCUT2D eigenvalue weighted by Crippen LogP contribution is 2.10. The molecule has 1 aromatic rings. The maximum absolute atomic E-state index is 12.5. The average molecular weight is 318 g/mol. The van der Waals surface area contributed by atoms with Gasteiger partial charge in [-0.1, -0.05) is 45.9 Å². The molecule has 0 fully saturated rings. The second-order valence-corrected chi connectivity index (χ2v) is 6.49. The van der Waals surface area contributed by atoms with E-state index in [1.54, 1.807) is 6.07 Å². The summed E-state index contributed by atoms with van der Waals surface area (Å²) < 4.78 is 0. The molecule has 0 radical (unpaired) electrons. The van der Waals surface area contributed by atoms with Crippen molar-refractivity contribution in [2.24, 2.45) is 5.92 Å². The van der Waals surface area contributed by atoms with Crippen LogP contribution in [0, 0.1) is 12.8 Å². The van der Waals surface area contributed by atoms with Gasteiger partial charge in [0.2, 0.25) is 5.91 Å². The number of carbonyl (C=O) groups excluding carboxylic acids is 2. The van der Waals surface area contributed by atoms with Crippen LogP contribution in [-0.2, 0) is 4.79 Å². The van der Waals surface area contributed by atoms with Gasteiger partial charge in [0.15, 0.2) is 0 Å². The Morgan fingerprint density at radius 3 is 2.17 bits per heavy atom. The fraction of sp³-hybridized carbons (Fsp3) is 0.579. The molecule has 2 N–H and O–H groups in total. The molecule has 1 unspecified atom stereocenters. The van der Waals surface area contributed by atoms with Crippen LogP contribution in [-0.4, -0.2) is 23.9 Å². The number of carbonyl (C=O) groups is 2. The molecule has 23 heavy (non-hydrogen) atoms. The van der Waals surface area contributed by atoms with Crippen LogP contribution in [0.4, 0.5) is 0 Å². The van der Waals surface area contributed by atoms with E-state index in [0.717, 1.165) is 18.4 Å². The molecule has 128 valence electrons. The van der Waals surface area contributed by atoms with E-state index in [0.29, 0.717) is 17.9 Å². The van der Waals surface area contributed by atoms with Crippen LogP contribution in [0.1, 0.15) is 62.9 Å². The molecule has 2 amide bonds. The molecule has 0 bridgehead atoms. The number of hydrogen-bond acceptors (Lipinski definition) is 2. The zero-order chi connectivity index (χ0) is 17.4. The highest BCUT2D eigenvalue weighted by molar-refractivity contribution is 5.98. The summed E-state index contributed by atoms with van der Waals surface area (Å²) in [6.45, 7) is 10.1. The summed E-state index contributed by atoms with van der Waals surface area (Å²) in [4.78, 5) is 25.0. The fourth-order valence-electron chi connectivity index (χ4n) is 2.56. The monoisotopic (exact) mass is 318 g/mol. The van der Waals surface area contributed by atoms with Crippen LogP contribution in [0.3, 0.4) is 0 Å². The molecular formula is C19H30N2O2. The molecule has 0 aromatic heterocycles. The lowest BCUT2D eigenvalue weighted by Gasteiger charge is -2.23. The van der Waals surface area contributed by atoms with Gasteiger partial charge in [-0.3, -0.25) is 9.59 Å². The van der Waals surface area contributed by atoms with Crippen molar-refractivity contribution in [3.05, 3.63) is 35.4 Å². The Bertz CT molecular complexity index is 522. The first kappa shape index (κ1) is 19.2. The predicted octanol–water partition coefficient (Wildman–Crippen LogP) is 3.44. The lowest BCUT2D eigenvalue weighted by Crippen LogP contribution is -2.50. The van der Waals surface area contributed by atoms with Crippen LogP contribution in [0.15, 0.2) is 24.3 Å². The number of rotatable bonds is 8. The summed E-state index contributed by atoms with van der Waals surface area (Å²) in [5.41, 5.74) is 1.53. The van der Waals surface area contributed by atoms with Gasteiger partial charge in [-0.25, -0.2) is 0 Å². The van der Waals surface area contributed by atoms with Crippen molar-refractivity contribution in [1.82, 2.24) is 10.6 Å². The van der Waals surface area contributed by atoms with Crippen molar-refractivity contribution in [3.63, 3.8) is 0 Å². The minimum absolute atomic E-state index is 0.0886. The highest BCUT2D eigenvalue weighted by atomic mass is 16.2. The third kappa shape index (κ3) is 6.05. The van der Waals surface area contributed by atoms with Crippen molar-refractivity contribution < 1.29 is 9.59 Å². The van der Waals surface area contributed by atoms with Gasteiger partial charge < -0.3 is 10.6 Å². The second kappa shape index (κ2) is 9.33. The minimum atomic E-state index is -0.497. The van der Waals surface area contributed by atoms with Crippen LogP contribution in [0.2, 0.25) is 0 Å². The predicted molar refractivity (Wildman–Crippen MR) is 94.4 cm³/mol. The summed E-state index contributed by atoms with van der Waals surface area (Å²) in [5.74, 6) is 0.0485. The molecule has 1 rings (SSSR count). The van der Waals surface area contributed by atoms with Gasteiger partial charge in [0.25, 0.3) is 5.91 Å². The summed E-state index contributed by atoms with van der Waals surface area (Å²) >= 11 is 0. The molecular weight excluding hydrogens is 288 g/mol. The summed E-state index contributed by atoms with van der Waals surface area (Å²) in [5, 5.41) is 5.95. The van der Waals surface area contributed by atoms with Gasteiger partial charge in [-0.05, 0) is 43.7 Å². The lowest BCUT2D eigenvalue weighted by molar-refractivity contribution is -0.124. The van der Waals surface area contributed by atoms with Crippen molar-refractivity contribution in [3.8, 4) is 0 Å². The van der Waals surface area contributed by atoms with Crippen molar-refractivity contribution in [2.75, 3.05) is 0 Å². The van der Waals surface area contributed by atoms with E-state index < -0.39 is 6.04 Å². The molecule has 0 spiro atoms. The normalized spacial score (nSPS) is 12.3. The second-order valence-electron chi connectivity index (χ2n) is 6.49. The fourth-order valence-corrected chi connectivity index (χ4v) is 2.56. The topological polar surface area (TPSA) is 58.2 Å². The average Bonchev–Trinajstić information content (AvgIpc) is 2.51. The first-order chi connectivity index (χ1) is 10.9. The third-order valence-corrected chi connectivity index (χ3v) is 4.05. The van der Waals surface area contributed by atoms with E-state index in [1.807, 2.05) is 25.1 Å². The van der Waals surface area contributed by atoms with E-state index in [1.165, 1.54) is 0 Å². The Morgan fingerprint density at radius 1 is 1.04 bits per heavy atom. The molecule has 0 aliphatic heterocycles. The lowest BCUT2D eigenvalue weighted by atomic mass is 10.0. The van der Waals surface area contributed by atoms with Crippen LogP contribution < -0.4 is 10.6 Å². The van der Waals surface area contributed by atoms with Gasteiger partial charge in [-0.2, -0.15) is 0 Å². The maximum atomic E-state index is 12.5. The Kier molecular flexibility index (Phi) is 7.79. The van der Waals surface area contributed by atoms with E-state index in [2.05, 4.69) is 38.3 Å². The maximum Gasteiger partial charge on any atom is 0.252 e. The molecule has 1 atom stereocenters. The summed E-state index contributed by atoms with van der Waals surface area (Å²) in [6, 6.07) is 7.09. The quantitative estimate of drug-likeness (QED) is 0.771. The molecule has 0 saturated heterocycles. The van der Waals surface area contributed by atoms with Gasteiger partial charge in [-0.15, -0.1) is 0 Å². The van der Waals surface area contributed by atoms with Gasteiger partial charge in [0, 0.05) is 11.6 Å². The SMILES string of the molecule is CCC(CC)NC(=O)C(CC(C)C)NC(=O)c1ccccc1C. The summed E-state index contributed by atoms with van der Waals surface area (Å²) in [6.07, 6.45) is 2.41. The molecule has 1 aromatic carbocycles. The smallest absolute Gasteiger partial charge is 0.252 e. The molecule has 4 heteroatoms. The van der Waals surface area contributed by atoms with Crippen LogP contribution in [0.5, 0.6) is 0 Å². The van der Waals surface area contributed by atoms with Crippen molar-refractivity contribution in [2.45, 2.75) is 66.0 Å². The van der Waals surface area contributed by atoms with E-state index in [-0.39, 0.29) is 17.9 Å². The largest absolute Gasteiger partial charge is 0.352 e. The number of benzene rings is 1. The Labute approximate surface area is 140 Å². The van der Waals surface area contributed by atoms with Crippen molar-refractivity contribution in [1.29, 1.82) is 0 Å². The molecule has 4 nitrogen and oxygen atoms in total. The standard InChI is InChI=1S/C19H30N2O2/c1-6-15(7-2)20-19(23)17(12-13(3)4)21-18(22)16-11-9-8-10-14(16)5/h8-11,13,15,17H,6-7,12H2,1-5H3,(H,20,23)(H,21,22). The van der Waals surface area contributed by atoms with Crippen LogP contribution in [0.25, 0.3) is 0 Å². The third-order valence-electron chi connectivity index (χ3n) is 4.05. The highest BCUT2D eigenvalue weighted by Gasteiger charge is 2.24. The summed E-state index contributed by atoms with van der Waals surface area (Å²) in [7, 11) is 0. The molecule has 0 heterocycles. The zero-order valence-corrected chi connectivity index (χ0v) is 15.0. The number of nitrogens with one attached hydrogen (secondary N) is 2. The first-order valence-corrected chi connectivity index (χ1v) is 8.55. The van der Waals surface area contributed by atoms with Gasteiger partial charge in [0.05, 0.1) is 0 Å². The van der Waals surface area contributed by atoms with E-state index in [4.69, 9.17) is 0 Å². The minimum Gasteiger partial charge on any atom is -0.352 e. The number of amides is 2. The Balaban J connectivity index is 2.84.